The number of hydrogen-bond acceptors (Lipinski definition) is 5. The topological polar surface area (TPSA) is 84.3 Å². The van der Waals surface area contributed by atoms with Gasteiger partial charge in [0.1, 0.15) is 23.9 Å². The average molecular weight is 402 g/mol. The third-order valence-corrected chi connectivity index (χ3v) is 4.25. The molecule has 0 aliphatic rings. The smallest absolute Gasteiger partial charge is 0.191 e. The van der Waals surface area contributed by atoms with Gasteiger partial charge >= 0.3 is 0 Å². The van der Waals surface area contributed by atoms with E-state index in [2.05, 4.69) is 21.7 Å². The quantitative estimate of drug-likeness (QED) is 0.322. The monoisotopic (exact) mass is 401 g/mol. The lowest BCUT2D eigenvalue weighted by atomic mass is 10.1. The number of aromatic hydroxyl groups is 1. The minimum Gasteiger partial charge on any atom is -0.508 e. The minimum absolute atomic E-state index is 0.192. The Labute approximate surface area is 172 Å². The van der Waals surface area contributed by atoms with Crippen molar-refractivity contribution in [1.29, 1.82) is 0 Å². The number of hydrogen-bond donors (Lipinski definition) is 3. The maximum atomic E-state index is 10.1. The summed E-state index contributed by atoms with van der Waals surface area (Å²) >= 11 is 0. The van der Waals surface area contributed by atoms with E-state index in [4.69, 9.17) is 14.2 Å². The number of aliphatic imine (C=N–C) groups is 1. The molecule has 0 unspecified atom stereocenters. The highest BCUT2D eigenvalue weighted by Crippen LogP contribution is 2.23. The van der Waals surface area contributed by atoms with Crippen molar-refractivity contribution in [2.24, 2.45) is 4.99 Å². The second kappa shape index (κ2) is 11.8. The Kier molecular flexibility index (Phi) is 9.11. The molecule has 2 aromatic carbocycles. The number of phenolic OH excluding ortho intramolecular Hbond substituents is 1. The van der Waals surface area contributed by atoms with Crippen LogP contribution in [0, 0.1) is 6.92 Å². The highest BCUT2D eigenvalue weighted by atomic mass is 16.5. The molecule has 0 aliphatic heterocycles. The first-order valence-corrected chi connectivity index (χ1v) is 9.66. The van der Waals surface area contributed by atoms with Gasteiger partial charge in [-0.05, 0) is 43.7 Å². The van der Waals surface area contributed by atoms with E-state index >= 15 is 0 Å². The first-order valence-electron chi connectivity index (χ1n) is 9.66. The first kappa shape index (κ1) is 22.4. The van der Waals surface area contributed by atoms with E-state index in [0.29, 0.717) is 43.6 Å². The van der Waals surface area contributed by atoms with Gasteiger partial charge in [-0.1, -0.05) is 12.1 Å². The molecule has 0 heterocycles. The van der Waals surface area contributed by atoms with Crippen molar-refractivity contribution in [3.8, 4) is 17.2 Å². The van der Waals surface area contributed by atoms with Crippen LogP contribution >= 0.6 is 0 Å². The average Bonchev–Trinajstić information content (AvgIpc) is 2.72. The summed E-state index contributed by atoms with van der Waals surface area (Å²) in [5.74, 6) is 2.36. The fourth-order valence-corrected chi connectivity index (χ4v) is 2.68. The molecule has 7 heteroatoms. The Balaban J connectivity index is 2.08. The number of nitrogens with one attached hydrogen (secondary N) is 2. The fraction of sp³-hybridized carbons (Fsp3) is 0.409. The second-order valence-electron chi connectivity index (χ2n) is 6.50. The van der Waals surface area contributed by atoms with Gasteiger partial charge in [0.05, 0.1) is 20.3 Å². The zero-order valence-electron chi connectivity index (χ0n) is 17.6. The Morgan fingerprint density at radius 2 is 1.86 bits per heavy atom. The van der Waals surface area contributed by atoms with Gasteiger partial charge in [0.2, 0.25) is 0 Å². The van der Waals surface area contributed by atoms with Gasteiger partial charge in [-0.2, -0.15) is 0 Å². The van der Waals surface area contributed by atoms with Crippen molar-refractivity contribution < 1.29 is 19.3 Å². The number of phenols is 1. The maximum absolute atomic E-state index is 10.1. The second-order valence-corrected chi connectivity index (χ2v) is 6.50. The van der Waals surface area contributed by atoms with E-state index in [1.54, 1.807) is 32.4 Å². The largest absolute Gasteiger partial charge is 0.508 e. The summed E-state index contributed by atoms with van der Waals surface area (Å²) < 4.78 is 16.1. The van der Waals surface area contributed by atoms with Crippen molar-refractivity contribution in [2.75, 3.05) is 34.0 Å². The van der Waals surface area contributed by atoms with Crippen molar-refractivity contribution in [3.05, 3.63) is 53.1 Å². The molecule has 0 spiro atoms. The van der Waals surface area contributed by atoms with Gasteiger partial charge in [0.15, 0.2) is 5.96 Å². The van der Waals surface area contributed by atoms with Crippen LogP contribution in [0.5, 0.6) is 17.2 Å². The molecule has 7 nitrogen and oxygen atoms in total. The van der Waals surface area contributed by atoms with E-state index in [1.807, 2.05) is 26.0 Å². The Morgan fingerprint density at radius 1 is 1.03 bits per heavy atom. The van der Waals surface area contributed by atoms with Crippen LogP contribution in [0.3, 0.4) is 0 Å². The summed E-state index contributed by atoms with van der Waals surface area (Å²) in [4.78, 5) is 4.58. The van der Waals surface area contributed by atoms with E-state index < -0.39 is 0 Å². The summed E-state index contributed by atoms with van der Waals surface area (Å²) in [5, 5.41) is 16.6. The molecule has 29 heavy (non-hydrogen) atoms. The van der Waals surface area contributed by atoms with Crippen molar-refractivity contribution in [3.63, 3.8) is 0 Å². The molecule has 0 bridgehead atoms. The molecule has 0 radical (unpaired) electrons. The van der Waals surface area contributed by atoms with Gasteiger partial charge < -0.3 is 30.0 Å². The molecule has 0 amide bonds. The summed E-state index contributed by atoms with van der Waals surface area (Å²) in [7, 11) is 3.25. The third-order valence-electron chi connectivity index (χ3n) is 4.25. The van der Waals surface area contributed by atoms with Gasteiger partial charge in [-0.3, -0.25) is 0 Å². The molecule has 3 N–H and O–H groups in total. The lowest BCUT2D eigenvalue weighted by Crippen LogP contribution is -2.36. The van der Waals surface area contributed by atoms with Crippen LogP contribution in [0.4, 0.5) is 0 Å². The molecule has 2 rings (SSSR count). The van der Waals surface area contributed by atoms with Crippen LogP contribution in [0.25, 0.3) is 0 Å². The lowest BCUT2D eigenvalue weighted by molar-refractivity contribution is 0.145. The summed E-state index contributed by atoms with van der Waals surface area (Å²) in [6, 6.07) is 11.2. The molecule has 0 saturated heterocycles. The third kappa shape index (κ3) is 7.19. The SMILES string of the molecule is CCNC(=NCc1cc(OC)ccc1O)NCc1ccc(C)cc1OCCOC. The van der Waals surface area contributed by atoms with Crippen LogP contribution < -0.4 is 20.1 Å². The van der Waals surface area contributed by atoms with E-state index in [0.717, 1.165) is 23.4 Å². The highest BCUT2D eigenvalue weighted by Gasteiger charge is 2.07. The van der Waals surface area contributed by atoms with E-state index in [-0.39, 0.29) is 5.75 Å². The van der Waals surface area contributed by atoms with Gasteiger partial charge in [0, 0.05) is 31.3 Å². The van der Waals surface area contributed by atoms with Crippen LogP contribution in [-0.4, -0.2) is 45.0 Å². The molecule has 2 aromatic rings. The zero-order valence-corrected chi connectivity index (χ0v) is 17.6. The summed E-state index contributed by atoms with van der Waals surface area (Å²) in [6.07, 6.45) is 0. The molecule has 158 valence electrons. The van der Waals surface area contributed by atoms with Gasteiger partial charge in [-0.25, -0.2) is 4.99 Å². The van der Waals surface area contributed by atoms with Crippen LogP contribution in [0.1, 0.15) is 23.6 Å². The predicted molar refractivity (Wildman–Crippen MR) is 115 cm³/mol. The van der Waals surface area contributed by atoms with E-state index in [9.17, 15) is 5.11 Å². The summed E-state index contributed by atoms with van der Waals surface area (Å²) in [5.41, 5.74) is 2.86. The number of ether oxygens (including phenoxy) is 3. The summed E-state index contributed by atoms with van der Waals surface area (Å²) in [6.45, 7) is 6.67. The molecule has 0 saturated carbocycles. The Morgan fingerprint density at radius 3 is 2.59 bits per heavy atom. The fourth-order valence-electron chi connectivity index (χ4n) is 2.68. The van der Waals surface area contributed by atoms with Crippen LogP contribution in [-0.2, 0) is 17.8 Å². The number of methoxy groups -OCH3 is 2. The lowest BCUT2D eigenvalue weighted by Gasteiger charge is -2.15. The number of rotatable bonds is 10. The molecule has 0 fully saturated rings. The van der Waals surface area contributed by atoms with Crippen molar-refractivity contribution in [1.82, 2.24) is 10.6 Å². The Hall–Kier alpha value is -2.93. The maximum Gasteiger partial charge on any atom is 0.191 e. The first-order chi connectivity index (χ1) is 14.1. The van der Waals surface area contributed by atoms with Gasteiger partial charge in [0.25, 0.3) is 0 Å². The number of aryl methyl sites for hydroxylation is 1. The Bertz CT molecular complexity index is 809. The molecular weight excluding hydrogens is 370 g/mol. The van der Waals surface area contributed by atoms with E-state index in [1.165, 1.54) is 0 Å². The van der Waals surface area contributed by atoms with Crippen LogP contribution in [0.15, 0.2) is 41.4 Å². The molecule has 0 atom stereocenters. The molecule has 0 aromatic heterocycles. The minimum atomic E-state index is 0.192. The highest BCUT2D eigenvalue weighted by molar-refractivity contribution is 5.79. The van der Waals surface area contributed by atoms with Gasteiger partial charge in [-0.15, -0.1) is 0 Å². The number of nitrogens with zero attached hydrogens (tertiary/aromatic N) is 1. The normalized spacial score (nSPS) is 11.2. The number of benzene rings is 2. The van der Waals surface area contributed by atoms with Crippen molar-refractivity contribution >= 4 is 5.96 Å². The predicted octanol–water partition coefficient (Wildman–Crippen LogP) is 2.99. The molecule has 0 aliphatic carbocycles. The number of guanidine groups is 1. The molecular formula is C22H31N3O4. The van der Waals surface area contributed by atoms with Crippen molar-refractivity contribution in [2.45, 2.75) is 26.9 Å². The standard InChI is InChI=1S/C22H31N3O4/c1-5-23-22(25-15-18-13-19(28-4)8-9-20(18)26)24-14-17-7-6-16(2)12-21(17)29-11-10-27-3/h6-9,12-13,26H,5,10-11,14-15H2,1-4H3,(H2,23,24,25). The zero-order chi connectivity index (χ0) is 21.1. The van der Waals surface area contributed by atoms with Crippen LogP contribution in [0.2, 0.25) is 0 Å².